The Morgan fingerprint density at radius 2 is 1.76 bits per heavy atom. The number of rotatable bonds is 7. The Bertz CT molecular complexity index is 961. The van der Waals surface area contributed by atoms with Gasteiger partial charge in [0, 0.05) is 19.6 Å². The van der Waals surface area contributed by atoms with Crippen LogP contribution in [0.15, 0.2) is 48.5 Å². The minimum absolute atomic E-state index is 0. The predicted molar refractivity (Wildman–Crippen MR) is 114 cm³/mol. The van der Waals surface area contributed by atoms with E-state index in [1.54, 1.807) is 6.07 Å². The fourth-order valence-electron chi connectivity index (χ4n) is 2.83. The summed E-state index contributed by atoms with van der Waals surface area (Å²) in [6.07, 6.45) is -3.77. The molecule has 1 aromatic heterocycles. The number of fused-ring (bicyclic) bond motifs is 1. The third-order valence-electron chi connectivity index (χ3n) is 4.24. The molecule has 4 nitrogen and oxygen atoms in total. The van der Waals surface area contributed by atoms with Crippen molar-refractivity contribution in [1.82, 2.24) is 9.47 Å². The molecule has 160 valence electrons. The van der Waals surface area contributed by atoms with Crippen molar-refractivity contribution in [1.29, 1.82) is 5.41 Å². The summed E-state index contributed by atoms with van der Waals surface area (Å²) in [5, 5.41) is 8.13. The highest BCUT2D eigenvalue weighted by Crippen LogP contribution is 2.27. The second kappa shape index (κ2) is 10.9. The standard InChI is InChI=1S/C19H20F3N3OS.2ClH/c1-24(10-9-14-5-3-2-4-6-14)11-12-25-16-8-7-15(26-19(20,21)22)13-17(16)27-18(25)23;;/h2-8,13,23H,9-12H2,1H3;2*1H. The monoisotopic (exact) mass is 467 g/mol. The number of hydrogen-bond acceptors (Lipinski definition) is 4. The first-order valence-corrected chi connectivity index (χ1v) is 9.30. The van der Waals surface area contributed by atoms with Crippen LogP contribution in [0.5, 0.6) is 5.75 Å². The van der Waals surface area contributed by atoms with Crippen LogP contribution in [0.4, 0.5) is 13.2 Å². The summed E-state index contributed by atoms with van der Waals surface area (Å²) in [7, 11) is 2.02. The number of nitrogens with zero attached hydrogens (tertiary/aromatic N) is 2. The molecule has 0 aliphatic heterocycles. The van der Waals surface area contributed by atoms with Gasteiger partial charge in [0.05, 0.1) is 10.2 Å². The molecule has 0 fully saturated rings. The van der Waals surface area contributed by atoms with Crippen LogP contribution in [0.2, 0.25) is 0 Å². The number of alkyl halides is 3. The Labute approximate surface area is 183 Å². The maximum atomic E-state index is 12.4. The van der Waals surface area contributed by atoms with Crippen molar-refractivity contribution in [3.8, 4) is 5.75 Å². The van der Waals surface area contributed by atoms with E-state index < -0.39 is 6.36 Å². The highest BCUT2D eigenvalue weighted by Gasteiger charge is 2.31. The van der Waals surface area contributed by atoms with Crippen molar-refractivity contribution < 1.29 is 17.9 Å². The van der Waals surface area contributed by atoms with Gasteiger partial charge in [0.1, 0.15) is 5.75 Å². The molecule has 2 aromatic carbocycles. The quantitative estimate of drug-likeness (QED) is 0.525. The Balaban J connectivity index is 0.00000210. The molecule has 1 N–H and O–H groups in total. The SMILES string of the molecule is CN(CCc1ccccc1)CCn1c(=N)sc2cc(OC(F)(F)F)ccc21.Cl.Cl. The van der Waals surface area contributed by atoms with E-state index >= 15 is 0 Å². The summed E-state index contributed by atoms with van der Waals surface area (Å²) in [6, 6.07) is 14.4. The molecule has 10 heteroatoms. The molecule has 0 saturated heterocycles. The number of hydrogen-bond donors (Lipinski definition) is 1. The van der Waals surface area contributed by atoms with E-state index in [0.29, 0.717) is 16.0 Å². The third kappa shape index (κ3) is 7.22. The first kappa shape index (κ1) is 25.3. The summed E-state index contributed by atoms with van der Waals surface area (Å²) in [6.45, 7) is 2.24. The van der Waals surface area contributed by atoms with Crippen molar-refractivity contribution in [3.05, 3.63) is 58.9 Å². The summed E-state index contributed by atoms with van der Waals surface area (Å²) < 4.78 is 43.5. The van der Waals surface area contributed by atoms with Gasteiger partial charge in [-0.25, -0.2) is 0 Å². The maximum Gasteiger partial charge on any atom is 0.573 e. The van der Waals surface area contributed by atoms with Gasteiger partial charge in [-0.2, -0.15) is 0 Å². The summed E-state index contributed by atoms with van der Waals surface area (Å²) >= 11 is 1.14. The zero-order chi connectivity index (χ0) is 19.4. The van der Waals surface area contributed by atoms with Crippen LogP contribution in [0, 0.1) is 5.41 Å². The molecule has 0 aliphatic rings. The minimum atomic E-state index is -4.72. The molecule has 0 bridgehead atoms. The topological polar surface area (TPSA) is 41.2 Å². The lowest BCUT2D eigenvalue weighted by atomic mass is 10.1. The van der Waals surface area contributed by atoms with E-state index in [0.717, 1.165) is 36.4 Å². The lowest BCUT2D eigenvalue weighted by Gasteiger charge is -2.17. The van der Waals surface area contributed by atoms with Crippen molar-refractivity contribution in [3.63, 3.8) is 0 Å². The molecule has 0 radical (unpaired) electrons. The molecule has 0 saturated carbocycles. The second-order valence-electron chi connectivity index (χ2n) is 6.28. The third-order valence-corrected chi connectivity index (χ3v) is 5.20. The number of aromatic nitrogens is 1. The average molecular weight is 468 g/mol. The Morgan fingerprint density at radius 1 is 1.07 bits per heavy atom. The molecular formula is C19H22Cl2F3N3OS. The van der Waals surface area contributed by atoms with Gasteiger partial charge in [-0.3, -0.25) is 5.41 Å². The van der Waals surface area contributed by atoms with Crippen LogP contribution in [0.3, 0.4) is 0 Å². The van der Waals surface area contributed by atoms with Crippen LogP contribution in [0.1, 0.15) is 5.56 Å². The van der Waals surface area contributed by atoms with E-state index in [2.05, 4.69) is 21.8 Å². The molecule has 0 unspecified atom stereocenters. The van der Waals surface area contributed by atoms with E-state index in [1.165, 1.54) is 17.7 Å². The molecule has 1 heterocycles. The van der Waals surface area contributed by atoms with Crippen LogP contribution in [0.25, 0.3) is 10.2 Å². The molecule has 0 spiro atoms. The second-order valence-corrected chi connectivity index (χ2v) is 7.31. The number of nitrogens with one attached hydrogen (secondary N) is 1. The molecule has 0 amide bonds. The predicted octanol–water partition coefficient (Wildman–Crippen LogP) is 5.10. The van der Waals surface area contributed by atoms with E-state index in [1.807, 2.05) is 29.8 Å². The summed E-state index contributed by atoms with van der Waals surface area (Å²) in [4.78, 5) is 2.50. The highest BCUT2D eigenvalue weighted by atomic mass is 35.5. The van der Waals surface area contributed by atoms with Gasteiger partial charge in [0.15, 0.2) is 4.80 Å². The van der Waals surface area contributed by atoms with Crippen molar-refractivity contribution in [2.75, 3.05) is 20.1 Å². The van der Waals surface area contributed by atoms with E-state index in [9.17, 15) is 13.2 Å². The lowest BCUT2D eigenvalue weighted by molar-refractivity contribution is -0.274. The summed E-state index contributed by atoms with van der Waals surface area (Å²) in [5.74, 6) is -0.261. The number of halogens is 5. The van der Waals surface area contributed by atoms with Crippen LogP contribution >= 0.6 is 36.2 Å². The summed E-state index contributed by atoms with van der Waals surface area (Å²) in [5.41, 5.74) is 2.02. The molecule has 29 heavy (non-hydrogen) atoms. The van der Waals surface area contributed by atoms with Gasteiger partial charge in [-0.1, -0.05) is 41.7 Å². The molecular weight excluding hydrogens is 446 g/mol. The number of benzene rings is 2. The largest absolute Gasteiger partial charge is 0.573 e. The Hall–Kier alpha value is -1.74. The fourth-order valence-corrected chi connectivity index (χ4v) is 3.80. The maximum absolute atomic E-state index is 12.4. The Kier molecular flexibility index (Phi) is 9.48. The number of ether oxygens (including phenoxy) is 1. The molecule has 0 aliphatic carbocycles. The van der Waals surface area contributed by atoms with E-state index in [-0.39, 0.29) is 30.6 Å². The average Bonchev–Trinajstić information content (AvgIpc) is 2.92. The van der Waals surface area contributed by atoms with Crippen molar-refractivity contribution >= 4 is 46.4 Å². The zero-order valence-corrected chi connectivity index (χ0v) is 18.1. The van der Waals surface area contributed by atoms with Gasteiger partial charge >= 0.3 is 6.36 Å². The first-order valence-electron chi connectivity index (χ1n) is 8.48. The lowest BCUT2D eigenvalue weighted by Crippen LogP contribution is -2.28. The van der Waals surface area contributed by atoms with Crippen LogP contribution in [-0.4, -0.2) is 36.0 Å². The van der Waals surface area contributed by atoms with Gasteiger partial charge in [0.2, 0.25) is 0 Å². The van der Waals surface area contributed by atoms with Crippen LogP contribution < -0.4 is 9.54 Å². The van der Waals surface area contributed by atoms with Gasteiger partial charge in [0.25, 0.3) is 0 Å². The minimum Gasteiger partial charge on any atom is -0.406 e. The number of likely N-dealkylation sites (N-methyl/N-ethyl adjacent to an activating group) is 1. The number of thiazole rings is 1. The van der Waals surface area contributed by atoms with Crippen LogP contribution in [-0.2, 0) is 13.0 Å². The molecule has 0 atom stereocenters. The van der Waals surface area contributed by atoms with Gasteiger partial charge < -0.3 is 14.2 Å². The van der Waals surface area contributed by atoms with Crippen molar-refractivity contribution in [2.24, 2.45) is 0 Å². The van der Waals surface area contributed by atoms with Crippen molar-refractivity contribution in [2.45, 2.75) is 19.3 Å². The Morgan fingerprint density at radius 3 is 2.41 bits per heavy atom. The van der Waals surface area contributed by atoms with E-state index in [4.69, 9.17) is 5.41 Å². The van der Waals surface area contributed by atoms with Gasteiger partial charge in [-0.15, -0.1) is 38.0 Å². The zero-order valence-electron chi connectivity index (χ0n) is 15.6. The molecule has 3 aromatic rings. The highest BCUT2D eigenvalue weighted by molar-refractivity contribution is 7.16. The molecule has 3 rings (SSSR count). The first-order chi connectivity index (χ1) is 12.8. The smallest absolute Gasteiger partial charge is 0.406 e. The van der Waals surface area contributed by atoms with Gasteiger partial charge in [-0.05, 0) is 37.2 Å². The fraction of sp³-hybridized carbons (Fsp3) is 0.316. The normalized spacial score (nSPS) is 11.2.